The van der Waals surface area contributed by atoms with Gasteiger partial charge in [0, 0.05) is 23.2 Å². The molecule has 0 heterocycles. The lowest BCUT2D eigenvalue weighted by atomic mass is 10.0. The number of hydrogen-bond acceptors (Lipinski definition) is 2. The van der Waals surface area contributed by atoms with E-state index in [0.717, 1.165) is 0 Å². The maximum Gasteiger partial charge on any atom is 0.419 e. The van der Waals surface area contributed by atoms with Gasteiger partial charge >= 0.3 is 6.18 Å². The summed E-state index contributed by atoms with van der Waals surface area (Å²) in [4.78, 5) is 0. The molecule has 1 rings (SSSR count). The quantitative estimate of drug-likeness (QED) is 0.664. The van der Waals surface area contributed by atoms with Gasteiger partial charge in [-0.1, -0.05) is 11.6 Å². The van der Waals surface area contributed by atoms with Crippen LogP contribution in [0, 0.1) is 11.6 Å². The SMILES string of the molecule is NC(CCO)c1c(Cl)cc(C(F)(F)F)c(F)c1F. The van der Waals surface area contributed by atoms with E-state index < -0.39 is 46.6 Å². The van der Waals surface area contributed by atoms with E-state index in [1.807, 2.05) is 0 Å². The van der Waals surface area contributed by atoms with Crippen molar-refractivity contribution in [3.05, 3.63) is 33.9 Å². The van der Waals surface area contributed by atoms with Gasteiger partial charge in [0.2, 0.25) is 0 Å². The van der Waals surface area contributed by atoms with Crippen LogP contribution in [0.1, 0.15) is 23.6 Å². The van der Waals surface area contributed by atoms with Gasteiger partial charge in [-0.2, -0.15) is 13.2 Å². The first-order chi connectivity index (χ1) is 8.20. The first kappa shape index (κ1) is 15.1. The number of hydrogen-bond donors (Lipinski definition) is 2. The zero-order valence-electron chi connectivity index (χ0n) is 8.86. The van der Waals surface area contributed by atoms with Gasteiger partial charge in [0.25, 0.3) is 0 Å². The van der Waals surface area contributed by atoms with Crippen molar-refractivity contribution in [2.24, 2.45) is 5.73 Å². The Kier molecular flexibility index (Phi) is 4.52. The third kappa shape index (κ3) is 2.90. The van der Waals surface area contributed by atoms with Gasteiger partial charge in [0.05, 0.1) is 5.56 Å². The van der Waals surface area contributed by atoms with E-state index in [2.05, 4.69) is 0 Å². The normalized spacial score (nSPS) is 13.8. The van der Waals surface area contributed by atoms with Gasteiger partial charge in [-0.25, -0.2) is 8.78 Å². The number of rotatable bonds is 3. The maximum atomic E-state index is 13.5. The lowest BCUT2D eigenvalue weighted by Crippen LogP contribution is -2.18. The van der Waals surface area contributed by atoms with E-state index in [4.69, 9.17) is 22.4 Å². The zero-order chi connectivity index (χ0) is 14.1. The van der Waals surface area contributed by atoms with Crippen LogP contribution in [0.15, 0.2) is 6.07 Å². The first-order valence-electron chi connectivity index (χ1n) is 4.81. The van der Waals surface area contributed by atoms with Crippen molar-refractivity contribution in [2.75, 3.05) is 6.61 Å². The molecule has 1 unspecified atom stereocenters. The Hall–Kier alpha value is -0.920. The Bertz CT molecular complexity index is 449. The Morgan fingerprint density at radius 2 is 1.83 bits per heavy atom. The summed E-state index contributed by atoms with van der Waals surface area (Å²) in [6, 6.07) is -0.897. The van der Waals surface area contributed by atoms with Gasteiger partial charge in [0.15, 0.2) is 11.6 Å². The molecule has 8 heteroatoms. The van der Waals surface area contributed by atoms with Crippen LogP contribution in [-0.4, -0.2) is 11.7 Å². The van der Waals surface area contributed by atoms with Crippen molar-refractivity contribution >= 4 is 11.6 Å². The van der Waals surface area contributed by atoms with Crippen LogP contribution in [0.5, 0.6) is 0 Å². The number of alkyl halides is 3. The molecule has 0 spiro atoms. The molecule has 2 nitrogen and oxygen atoms in total. The van der Waals surface area contributed by atoms with E-state index in [1.54, 1.807) is 0 Å². The lowest BCUT2D eigenvalue weighted by molar-refractivity contribution is -0.140. The number of nitrogens with two attached hydrogens (primary N) is 1. The average Bonchev–Trinajstić information content (AvgIpc) is 2.22. The minimum atomic E-state index is -5.05. The summed E-state index contributed by atoms with van der Waals surface area (Å²) < 4.78 is 63.8. The predicted molar refractivity (Wildman–Crippen MR) is 55.0 cm³/mol. The minimum absolute atomic E-state index is 0.151. The largest absolute Gasteiger partial charge is 0.419 e. The molecule has 0 bridgehead atoms. The molecule has 0 aromatic heterocycles. The summed E-state index contributed by atoms with van der Waals surface area (Å²) in [6.45, 7) is -0.431. The molecule has 102 valence electrons. The Morgan fingerprint density at radius 3 is 2.28 bits per heavy atom. The number of aliphatic hydroxyl groups excluding tert-OH is 1. The molecular weight excluding hydrogens is 281 g/mol. The molecule has 0 radical (unpaired) electrons. The molecule has 0 aliphatic rings. The van der Waals surface area contributed by atoms with E-state index in [-0.39, 0.29) is 12.5 Å². The van der Waals surface area contributed by atoms with Gasteiger partial charge in [-0.05, 0) is 12.5 Å². The molecular formula is C10H9ClF5NO. The number of benzene rings is 1. The van der Waals surface area contributed by atoms with Gasteiger partial charge in [-0.3, -0.25) is 0 Å². The molecule has 0 fully saturated rings. The fraction of sp³-hybridized carbons (Fsp3) is 0.400. The number of aliphatic hydroxyl groups is 1. The van der Waals surface area contributed by atoms with Crippen LogP contribution >= 0.6 is 11.6 Å². The Balaban J connectivity index is 3.38. The molecule has 0 aliphatic carbocycles. The lowest BCUT2D eigenvalue weighted by Gasteiger charge is -2.17. The fourth-order valence-corrected chi connectivity index (χ4v) is 1.77. The molecule has 0 aliphatic heterocycles. The summed E-state index contributed by atoms with van der Waals surface area (Å²) in [6.07, 6.45) is -5.20. The summed E-state index contributed by atoms with van der Waals surface area (Å²) in [5.41, 5.74) is 3.04. The van der Waals surface area contributed by atoms with Crippen LogP contribution in [0.3, 0.4) is 0 Å². The Labute approximate surface area is 104 Å². The second-order valence-corrected chi connectivity index (χ2v) is 3.97. The van der Waals surface area contributed by atoms with Crippen molar-refractivity contribution in [1.29, 1.82) is 0 Å². The molecule has 3 N–H and O–H groups in total. The Morgan fingerprint density at radius 1 is 1.28 bits per heavy atom. The highest BCUT2D eigenvalue weighted by atomic mass is 35.5. The maximum absolute atomic E-state index is 13.5. The van der Waals surface area contributed by atoms with E-state index in [1.165, 1.54) is 0 Å². The van der Waals surface area contributed by atoms with Crippen molar-refractivity contribution in [3.63, 3.8) is 0 Å². The summed E-state index contributed by atoms with van der Waals surface area (Å²) in [7, 11) is 0. The highest BCUT2D eigenvalue weighted by Crippen LogP contribution is 2.38. The molecule has 0 saturated carbocycles. The van der Waals surface area contributed by atoms with E-state index >= 15 is 0 Å². The highest BCUT2D eigenvalue weighted by molar-refractivity contribution is 6.31. The third-order valence-corrected chi connectivity index (χ3v) is 2.62. The highest BCUT2D eigenvalue weighted by Gasteiger charge is 2.37. The summed E-state index contributed by atoms with van der Waals surface area (Å²) >= 11 is 5.48. The van der Waals surface area contributed by atoms with Crippen molar-refractivity contribution in [2.45, 2.75) is 18.6 Å². The van der Waals surface area contributed by atoms with Gasteiger partial charge in [-0.15, -0.1) is 0 Å². The van der Waals surface area contributed by atoms with Crippen LogP contribution in [0.2, 0.25) is 5.02 Å². The molecule has 18 heavy (non-hydrogen) atoms. The standard InChI is InChI=1S/C10H9ClF5NO/c11-5-3-4(10(14,15)16)8(12)9(13)7(5)6(17)1-2-18/h3,6,18H,1-2,17H2. The molecule has 1 aromatic carbocycles. The number of halogens is 6. The summed E-state index contributed by atoms with van der Waals surface area (Å²) in [5.74, 6) is -3.79. The smallest absolute Gasteiger partial charge is 0.396 e. The van der Waals surface area contributed by atoms with Crippen molar-refractivity contribution < 1.29 is 27.1 Å². The molecule has 0 saturated heterocycles. The van der Waals surface area contributed by atoms with E-state index in [9.17, 15) is 22.0 Å². The second-order valence-electron chi connectivity index (χ2n) is 3.56. The van der Waals surface area contributed by atoms with Crippen LogP contribution < -0.4 is 5.73 Å². The van der Waals surface area contributed by atoms with Gasteiger partial charge in [0.1, 0.15) is 0 Å². The molecule has 1 atom stereocenters. The minimum Gasteiger partial charge on any atom is -0.396 e. The fourth-order valence-electron chi connectivity index (χ4n) is 1.44. The van der Waals surface area contributed by atoms with Crippen LogP contribution in [0.25, 0.3) is 0 Å². The predicted octanol–water partition coefficient (Wildman–Crippen LogP) is 3.02. The van der Waals surface area contributed by atoms with Crippen molar-refractivity contribution in [1.82, 2.24) is 0 Å². The summed E-state index contributed by atoms with van der Waals surface area (Å²) in [5, 5.41) is 7.99. The molecule has 1 aromatic rings. The topological polar surface area (TPSA) is 46.2 Å². The second kappa shape index (κ2) is 5.38. The van der Waals surface area contributed by atoms with Crippen LogP contribution in [-0.2, 0) is 6.18 Å². The van der Waals surface area contributed by atoms with Crippen LogP contribution in [0.4, 0.5) is 22.0 Å². The third-order valence-electron chi connectivity index (χ3n) is 2.31. The van der Waals surface area contributed by atoms with Gasteiger partial charge < -0.3 is 10.8 Å². The zero-order valence-corrected chi connectivity index (χ0v) is 9.62. The van der Waals surface area contributed by atoms with E-state index in [0.29, 0.717) is 0 Å². The first-order valence-corrected chi connectivity index (χ1v) is 5.19. The van der Waals surface area contributed by atoms with Crippen molar-refractivity contribution in [3.8, 4) is 0 Å². The molecule has 0 amide bonds. The average molecular weight is 290 g/mol. The monoisotopic (exact) mass is 289 g/mol.